The molecule has 3 nitrogen and oxygen atoms in total. The molecule has 0 aromatic heterocycles. The molecule has 0 saturated heterocycles. The lowest BCUT2D eigenvalue weighted by Crippen LogP contribution is -2.10. The van der Waals surface area contributed by atoms with E-state index >= 15 is 0 Å². The van der Waals surface area contributed by atoms with Gasteiger partial charge >= 0.3 is 5.97 Å². The predicted octanol–water partition coefficient (Wildman–Crippen LogP) is 3.42. The Labute approximate surface area is 109 Å². The fourth-order valence-electron chi connectivity index (χ4n) is 1.67. The van der Waals surface area contributed by atoms with E-state index in [4.69, 9.17) is 9.47 Å². The van der Waals surface area contributed by atoms with E-state index in [1.165, 1.54) is 0 Å². The highest BCUT2D eigenvalue weighted by atomic mass is 16.5. The Morgan fingerprint density at radius 3 is 2.39 bits per heavy atom. The summed E-state index contributed by atoms with van der Waals surface area (Å²) < 4.78 is 10.6. The second-order valence-electron chi connectivity index (χ2n) is 4.50. The van der Waals surface area contributed by atoms with Crippen LogP contribution in [-0.4, -0.2) is 19.2 Å². The maximum absolute atomic E-state index is 11.3. The summed E-state index contributed by atoms with van der Waals surface area (Å²) in [5.74, 6) is 0.627. The van der Waals surface area contributed by atoms with Crippen molar-refractivity contribution in [1.29, 1.82) is 0 Å². The number of hydrogen-bond donors (Lipinski definition) is 0. The smallest absolute Gasteiger partial charge is 0.309 e. The maximum atomic E-state index is 11.3. The zero-order chi connectivity index (χ0) is 13.4. The monoisotopic (exact) mass is 250 g/mol. The standard InChI is InChI=1S/C15H22O3/c1-4-5-7-18-15(16)6-8-17-14-10-12(2)9-13(3)11-14/h9-11H,4-8H2,1-3H3. The normalized spacial score (nSPS) is 10.2. The molecule has 0 heterocycles. The summed E-state index contributed by atoms with van der Waals surface area (Å²) in [4.78, 5) is 11.3. The first-order valence-corrected chi connectivity index (χ1v) is 6.48. The zero-order valence-corrected chi connectivity index (χ0v) is 11.5. The van der Waals surface area contributed by atoms with E-state index < -0.39 is 0 Å². The molecule has 0 N–H and O–H groups in total. The van der Waals surface area contributed by atoms with E-state index in [-0.39, 0.29) is 5.97 Å². The number of hydrogen-bond acceptors (Lipinski definition) is 3. The topological polar surface area (TPSA) is 35.5 Å². The van der Waals surface area contributed by atoms with Gasteiger partial charge in [-0.25, -0.2) is 0 Å². The maximum Gasteiger partial charge on any atom is 0.309 e. The minimum absolute atomic E-state index is 0.187. The van der Waals surface area contributed by atoms with Crippen LogP contribution in [0.4, 0.5) is 0 Å². The van der Waals surface area contributed by atoms with E-state index in [0.717, 1.165) is 29.7 Å². The lowest BCUT2D eigenvalue weighted by Gasteiger charge is -2.08. The third kappa shape index (κ3) is 5.71. The fourth-order valence-corrected chi connectivity index (χ4v) is 1.67. The molecule has 0 bridgehead atoms. The third-order valence-electron chi connectivity index (χ3n) is 2.53. The van der Waals surface area contributed by atoms with Crippen LogP contribution in [0.15, 0.2) is 18.2 Å². The summed E-state index contributed by atoms with van der Waals surface area (Å²) in [5.41, 5.74) is 2.33. The van der Waals surface area contributed by atoms with Gasteiger partial charge in [0.05, 0.1) is 19.6 Å². The van der Waals surface area contributed by atoms with Gasteiger partial charge in [0.2, 0.25) is 0 Å². The quantitative estimate of drug-likeness (QED) is 0.549. The number of carbonyl (C=O) groups excluding carboxylic acids is 1. The molecule has 0 atom stereocenters. The van der Waals surface area contributed by atoms with Gasteiger partial charge < -0.3 is 9.47 Å². The van der Waals surface area contributed by atoms with E-state index in [2.05, 4.69) is 13.0 Å². The Morgan fingerprint density at radius 2 is 1.78 bits per heavy atom. The summed E-state index contributed by atoms with van der Waals surface area (Å²) in [6.45, 7) is 7.00. The number of aryl methyl sites for hydroxylation is 2. The molecule has 1 aromatic rings. The van der Waals surface area contributed by atoms with Crippen molar-refractivity contribution in [2.75, 3.05) is 13.2 Å². The van der Waals surface area contributed by atoms with Crippen LogP contribution >= 0.6 is 0 Å². The van der Waals surface area contributed by atoms with Crippen LogP contribution in [0.1, 0.15) is 37.3 Å². The van der Waals surface area contributed by atoms with Gasteiger partial charge in [-0.1, -0.05) is 19.4 Å². The van der Waals surface area contributed by atoms with Crippen molar-refractivity contribution in [3.63, 3.8) is 0 Å². The van der Waals surface area contributed by atoms with Crippen LogP contribution in [0.3, 0.4) is 0 Å². The molecule has 18 heavy (non-hydrogen) atoms. The Kier molecular flexibility index (Phi) is 6.26. The molecule has 0 fully saturated rings. The van der Waals surface area contributed by atoms with E-state index in [1.54, 1.807) is 0 Å². The summed E-state index contributed by atoms with van der Waals surface area (Å²) in [6, 6.07) is 6.02. The SMILES string of the molecule is CCCCOC(=O)CCOc1cc(C)cc(C)c1. The molecule has 1 aromatic carbocycles. The highest BCUT2D eigenvalue weighted by molar-refractivity contribution is 5.69. The van der Waals surface area contributed by atoms with Crippen molar-refractivity contribution in [3.8, 4) is 5.75 Å². The number of carbonyl (C=O) groups is 1. The van der Waals surface area contributed by atoms with Gasteiger partial charge in [-0.05, 0) is 43.5 Å². The van der Waals surface area contributed by atoms with Crippen LogP contribution in [0.2, 0.25) is 0 Å². The largest absolute Gasteiger partial charge is 0.493 e. The summed E-state index contributed by atoms with van der Waals surface area (Å²) in [7, 11) is 0. The number of esters is 1. The summed E-state index contributed by atoms with van der Waals surface area (Å²) in [5, 5.41) is 0. The molecule has 0 aliphatic carbocycles. The third-order valence-corrected chi connectivity index (χ3v) is 2.53. The summed E-state index contributed by atoms with van der Waals surface area (Å²) in [6.07, 6.45) is 2.26. The van der Waals surface area contributed by atoms with Gasteiger partial charge in [-0.3, -0.25) is 4.79 Å². The molecular weight excluding hydrogens is 228 g/mol. The minimum Gasteiger partial charge on any atom is -0.493 e. The molecule has 0 aliphatic rings. The molecule has 0 radical (unpaired) electrons. The average molecular weight is 250 g/mol. The fraction of sp³-hybridized carbons (Fsp3) is 0.533. The Bertz CT molecular complexity index is 365. The van der Waals surface area contributed by atoms with Crippen LogP contribution in [0.25, 0.3) is 0 Å². The van der Waals surface area contributed by atoms with Crippen molar-refractivity contribution in [1.82, 2.24) is 0 Å². The highest BCUT2D eigenvalue weighted by Crippen LogP contribution is 2.16. The van der Waals surface area contributed by atoms with Gasteiger partial charge in [0.15, 0.2) is 0 Å². The van der Waals surface area contributed by atoms with Crippen molar-refractivity contribution in [2.45, 2.75) is 40.0 Å². The summed E-state index contributed by atoms with van der Waals surface area (Å²) >= 11 is 0. The van der Waals surface area contributed by atoms with Crippen LogP contribution in [0.5, 0.6) is 5.75 Å². The molecule has 3 heteroatoms. The number of rotatable bonds is 7. The molecule has 0 aliphatic heterocycles. The Morgan fingerprint density at radius 1 is 1.11 bits per heavy atom. The van der Waals surface area contributed by atoms with Crippen molar-refractivity contribution >= 4 is 5.97 Å². The lowest BCUT2D eigenvalue weighted by atomic mass is 10.1. The average Bonchev–Trinajstić information content (AvgIpc) is 2.28. The number of benzene rings is 1. The van der Waals surface area contributed by atoms with Crippen LogP contribution < -0.4 is 4.74 Å². The second-order valence-corrected chi connectivity index (χ2v) is 4.50. The predicted molar refractivity (Wildman–Crippen MR) is 71.9 cm³/mol. The van der Waals surface area contributed by atoms with E-state index in [9.17, 15) is 4.79 Å². The molecule has 0 unspecified atom stereocenters. The molecule has 0 amide bonds. The van der Waals surface area contributed by atoms with Crippen molar-refractivity contribution in [3.05, 3.63) is 29.3 Å². The molecule has 0 spiro atoms. The molecule has 100 valence electrons. The first kappa shape index (κ1) is 14.6. The van der Waals surface area contributed by atoms with Crippen molar-refractivity contribution in [2.24, 2.45) is 0 Å². The zero-order valence-electron chi connectivity index (χ0n) is 11.5. The van der Waals surface area contributed by atoms with E-state index in [0.29, 0.717) is 19.6 Å². The van der Waals surface area contributed by atoms with Gasteiger partial charge in [-0.2, -0.15) is 0 Å². The Balaban J connectivity index is 2.26. The van der Waals surface area contributed by atoms with Gasteiger partial charge in [0, 0.05) is 0 Å². The first-order valence-electron chi connectivity index (χ1n) is 6.48. The number of ether oxygens (including phenoxy) is 2. The first-order chi connectivity index (χ1) is 8.61. The van der Waals surface area contributed by atoms with E-state index in [1.807, 2.05) is 26.0 Å². The van der Waals surface area contributed by atoms with Crippen LogP contribution in [0, 0.1) is 13.8 Å². The van der Waals surface area contributed by atoms with Crippen LogP contribution in [-0.2, 0) is 9.53 Å². The minimum atomic E-state index is -0.187. The van der Waals surface area contributed by atoms with Gasteiger partial charge in [0.25, 0.3) is 0 Å². The number of unbranched alkanes of at least 4 members (excludes halogenated alkanes) is 1. The Hall–Kier alpha value is -1.51. The van der Waals surface area contributed by atoms with Gasteiger partial charge in [-0.15, -0.1) is 0 Å². The van der Waals surface area contributed by atoms with Gasteiger partial charge in [0.1, 0.15) is 5.75 Å². The molecular formula is C15H22O3. The lowest BCUT2D eigenvalue weighted by molar-refractivity contribution is -0.144. The van der Waals surface area contributed by atoms with Crippen molar-refractivity contribution < 1.29 is 14.3 Å². The molecule has 1 rings (SSSR count). The molecule has 0 saturated carbocycles. The second kappa shape index (κ2) is 7.75. The highest BCUT2D eigenvalue weighted by Gasteiger charge is 2.03.